The highest BCUT2D eigenvalue weighted by atomic mass is 19.4. The minimum atomic E-state index is -4.38. The van der Waals surface area contributed by atoms with Crippen LogP contribution in [0.25, 0.3) is 22.3 Å². The van der Waals surface area contributed by atoms with E-state index < -0.39 is 11.7 Å². The van der Waals surface area contributed by atoms with Crippen molar-refractivity contribution in [2.75, 3.05) is 18.0 Å². The molecule has 5 rings (SSSR count). The highest BCUT2D eigenvalue weighted by molar-refractivity contribution is 5.93. The molecular weight excluding hydrogens is 429 g/mol. The average Bonchev–Trinajstić information content (AvgIpc) is 3.42. The molecule has 0 aliphatic carbocycles. The van der Waals surface area contributed by atoms with Crippen LogP contribution in [0.4, 0.5) is 19.0 Å². The van der Waals surface area contributed by atoms with E-state index >= 15 is 0 Å². The number of fused-ring (bicyclic) bond motifs is 1. The van der Waals surface area contributed by atoms with Crippen molar-refractivity contribution in [3.05, 3.63) is 59.9 Å². The molecule has 0 unspecified atom stereocenters. The number of anilines is 1. The van der Waals surface area contributed by atoms with Crippen molar-refractivity contribution in [1.82, 2.24) is 24.5 Å². The molecule has 3 aromatic heterocycles. The number of rotatable bonds is 3. The maximum absolute atomic E-state index is 13.1. The Morgan fingerprint density at radius 1 is 1.18 bits per heavy atom. The molecule has 1 aliphatic heterocycles. The fourth-order valence-corrected chi connectivity index (χ4v) is 4.50. The van der Waals surface area contributed by atoms with E-state index in [9.17, 15) is 13.2 Å². The Balaban J connectivity index is 1.36. The molecule has 0 atom stereocenters. The summed E-state index contributed by atoms with van der Waals surface area (Å²) in [6.07, 6.45) is 8.03. The van der Waals surface area contributed by atoms with E-state index in [1.165, 1.54) is 12.4 Å². The quantitative estimate of drug-likeness (QED) is 0.458. The van der Waals surface area contributed by atoms with Gasteiger partial charge in [-0.25, -0.2) is 15.0 Å². The highest BCUT2D eigenvalue weighted by Gasteiger charge is 2.31. The van der Waals surface area contributed by atoms with E-state index in [-0.39, 0.29) is 5.92 Å². The first-order valence-electron chi connectivity index (χ1n) is 10.6. The Kier molecular flexibility index (Phi) is 5.08. The molecular formula is C24H21F3N6. The van der Waals surface area contributed by atoms with Gasteiger partial charge in [-0.1, -0.05) is 18.1 Å². The molecule has 4 aromatic rings. The fraction of sp³-hybridized carbons (Fsp3) is 0.292. The van der Waals surface area contributed by atoms with Crippen LogP contribution >= 0.6 is 0 Å². The second-order valence-electron chi connectivity index (χ2n) is 8.20. The number of aryl methyl sites for hydroxylation is 1. The van der Waals surface area contributed by atoms with Crippen molar-refractivity contribution in [3.8, 4) is 23.6 Å². The van der Waals surface area contributed by atoms with Crippen molar-refractivity contribution < 1.29 is 13.2 Å². The average molecular weight is 450 g/mol. The SMILES string of the molecule is C#Cc1c[nH]c2ncnc(N3CCC(c4nc(-c5cccc(C(F)(F)F)c5)cn4C)CC3)c12. The number of aromatic nitrogens is 5. The zero-order valence-electron chi connectivity index (χ0n) is 17.9. The van der Waals surface area contributed by atoms with Crippen LogP contribution in [-0.4, -0.2) is 37.6 Å². The van der Waals surface area contributed by atoms with E-state index in [1.807, 2.05) is 11.6 Å². The summed E-state index contributed by atoms with van der Waals surface area (Å²) in [5.41, 5.74) is 1.78. The highest BCUT2D eigenvalue weighted by Crippen LogP contribution is 2.35. The van der Waals surface area contributed by atoms with Gasteiger partial charge >= 0.3 is 6.18 Å². The number of hydrogen-bond donors (Lipinski definition) is 1. The van der Waals surface area contributed by atoms with Crippen LogP contribution in [0.2, 0.25) is 0 Å². The Morgan fingerprint density at radius 3 is 2.70 bits per heavy atom. The van der Waals surface area contributed by atoms with Crippen LogP contribution < -0.4 is 4.90 Å². The monoisotopic (exact) mass is 450 g/mol. The molecule has 0 bridgehead atoms. The third-order valence-electron chi connectivity index (χ3n) is 6.16. The molecule has 0 radical (unpaired) electrons. The Morgan fingerprint density at radius 2 is 1.97 bits per heavy atom. The van der Waals surface area contributed by atoms with Crippen LogP contribution in [0.1, 0.15) is 35.7 Å². The van der Waals surface area contributed by atoms with Gasteiger partial charge in [-0.15, -0.1) is 6.42 Å². The predicted octanol–water partition coefficient (Wildman–Crippen LogP) is 4.74. The molecule has 0 saturated carbocycles. The zero-order valence-corrected chi connectivity index (χ0v) is 17.9. The molecule has 33 heavy (non-hydrogen) atoms. The maximum atomic E-state index is 13.1. The number of halogens is 3. The topological polar surface area (TPSA) is 62.6 Å². The van der Waals surface area contributed by atoms with Crippen LogP contribution in [0.5, 0.6) is 0 Å². The van der Waals surface area contributed by atoms with E-state index in [0.29, 0.717) is 16.9 Å². The number of nitrogens with one attached hydrogen (secondary N) is 1. The summed E-state index contributed by atoms with van der Waals surface area (Å²) in [7, 11) is 1.89. The summed E-state index contributed by atoms with van der Waals surface area (Å²) < 4.78 is 41.2. The number of imidazole rings is 1. The maximum Gasteiger partial charge on any atom is 0.416 e. The van der Waals surface area contributed by atoms with Crippen LogP contribution in [0.15, 0.2) is 43.0 Å². The standard InChI is InChI=1S/C24H21F3N6/c1-3-15-12-28-21-20(15)23(30-14-29-21)33-9-7-16(8-10-33)22-31-19(13-32(22)2)17-5-4-6-18(11-17)24(25,26)27/h1,4-6,11-14,16H,7-10H2,2H3,(H,28,29,30). The van der Waals surface area contributed by atoms with E-state index in [0.717, 1.165) is 60.7 Å². The van der Waals surface area contributed by atoms with Crippen molar-refractivity contribution in [2.45, 2.75) is 24.9 Å². The number of aromatic amines is 1. The summed E-state index contributed by atoms with van der Waals surface area (Å²) in [6, 6.07) is 5.29. The molecule has 4 heterocycles. The van der Waals surface area contributed by atoms with Gasteiger partial charge in [-0.2, -0.15) is 13.2 Å². The number of hydrogen-bond acceptors (Lipinski definition) is 4. The minimum Gasteiger partial charge on any atom is -0.356 e. The summed E-state index contributed by atoms with van der Waals surface area (Å²) in [5.74, 6) is 4.57. The van der Waals surface area contributed by atoms with E-state index in [1.54, 1.807) is 18.5 Å². The van der Waals surface area contributed by atoms with Gasteiger partial charge in [0.1, 0.15) is 23.6 Å². The van der Waals surface area contributed by atoms with Gasteiger partial charge in [0.15, 0.2) is 0 Å². The smallest absolute Gasteiger partial charge is 0.356 e. The second kappa shape index (κ2) is 7.96. The van der Waals surface area contributed by atoms with Crippen molar-refractivity contribution in [3.63, 3.8) is 0 Å². The molecule has 168 valence electrons. The molecule has 1 aromatic carbocycles. The van der Waals surface area contributed by atoms with Crippen molar-refractivity contribution >= 4 is 16.9 Å². The van der Waals surface area contributed by atoms with Gasteiger partial charge in [0.25, 0.3) is 0 Å². The zero-order chi connectivity index (χ0) is 23.2. The van der Waals surface area contributed by atoms with Crippen LogP contribution in [0, 0.1) is 12.3 Å². The van der Waals surface area contributed by atoms with Gasteiger partial charge < -0.3 is 14.5 Å². The van der Waals surface area contributed by atoms with Gasteiger partial charge in [-0.05, 0) is 25.0 Å². The lowest BCUT2D eigenvalue weighted by Gasteiger charge is -2.32. The largest absolute Gasteiger partial charge is 0.416 e. The molecule has 9 heteroatoms. The lowest BCUT2D eigenvalue weighted by atomic mass is 9.95. The molecule has 0 spiro atoms. The molecule has 6 nitrogen and oxygen atoms in total. The number of alkyl halides is 3. The first-order chi connectivity index (χ1) is 15.8. The minimum absolute atomic E-state index is 0.196. The Hall–Kier alpha value is -3.80. The molecule has 0 amide bonds. The van der Waals surface area contributed by atoms with Crippen LogP contribution in [0.3, 0.4) is 0 Å². The molecule has 1 aliphatic rings. The molecule has 1 N–H and O–H groups in total. The summed E-state index contributed by atoms with van der Waals surface area (Å²) in [4.78, 5) is 18.7. The Labute approximate surface area is 188 Å². The van der Waals surface area contributed by atoms with Gasteiger partial charge in [0, 0.05) is 44.0 Å². The normalized spacial score (nSPS) is 15.2. The number of terminal acetylenes is 1. The molecule has 1 saturated heterocycles. The summed E-state index contributed by atoms with van der Waals surface area (Å²) >= 11 is 0. The third kappa shape index (κ3) is 3.82. The lowest BCUT2D eigenvalue weighted by molar-refractivity contribution is -0.137. The van der Waals surface area contributed by atoms with Crippen molar-refractivity contribution in [2.24, 2.45) is 7.05 Å². The van der Waals surface area contributed by atoms with Gasteiger partial charge in [0.05, 0.1) is 22.2 Å². The number of piperidine rings is 1. The summed E-state index contributed by atoms with van der Waals surface area (Å²) in [5, 5.41) is 0.849. The number of H-pyrrole nitrogens is 1. The Bertz CT molecular complexity index is 1350. The third-order valence-corrected chi connectivity index (χ3v) is 6.16. The van der Waals surface area contributed by atoms with Crippen LogP contribution in [-0.2, 0) is 13.2 Å². The number of benzene rings is 1. The molecule has 1 fully saturated rings. The van der Waals surface area contributed by atoms with E-state index in [2.05, 4.69) is 25.8 Å². The fourth-order valence-electron chi connectivity index (χ4n) is 4.50. The van der Waals surface area contributed by atoms with E-state index in [4.69, 9.17) is 11.4 Å². The van der Waals surface area contributed by atoms with Crippen molar-refractivity contribution in [1.29, 1.82) is 0 Å². The predicted molar refractivity (Wildman–Crippen MR) is 120 cm³/mol. The van der Waals surface area contributed by atoms with Gasteiger partial charge in [-0.3, -0.25) is 0 Å². The number of nitrogens with zero attached hydrogens (tertiary/aromatic N) is 5. The van der Waals surface area contributed by atoms with Gasteiger partial charge in [0.2, 0.25) is 0 Å². The first-order valence-corrected chi connectivity index (χ1v) is 10.6. The second-order valence-corrected chi connectivity index (χ2v) is 8.20. The first kappa shape index (κ1) is 21.1. The lowest BCUT2D eigenvalue weighted by Crippen LogP contribution is -2.34. The summed E-state index contributed by atoms with van der Waals surface area (Å²) in [6.45, 7) is 1.52.